The maximum absolute atomic E-state index is 10.7. The lowest BCUT2D eigenvalue weighted by atomic mass is 10.2. The summed E-state index contributed by atoms with van der Waals surface area (Å²) in [6, 6.07) is 0. The van der Waals surface area contributed by atoms with Crippen molar-refractivity contribution in [2.75, 3.05) is 25.2 Å². The van der Waals surface area contributed by atoms with Gasteiger partial charge in [0.15, 0.2) is 5.16 Å². The summed E-state index contributed by atoms with van der Waals surface area (Å²) in [5.41, 5.74) is 0. The quantitative estimate of drug-likeness (QED) is 0.771. The van der Waals surface area contributed by atoms with E-state index in [9.17, 15) is 4.79 Å². The minimum absolute atomic E-state index is 0.00290. The van der Waals surface area contributed by atoms with E-state index < -0.39 is 5.97 Å². The molecule has 6 nitrogen and oxygen atoms in total. The zero-order valence-corrected chi connectivity index (χ0v) is 13.1. The Morgan fingerprint density at radius 3 is 3.05 bits per heavy atom. The van der Waals surface area contributed by atoms with Gasteiger partial charge in [0, 0.05) is 13.7 Å². The summed E-state index contributed by atoms with van der Waals surface area (Å²) in [4.78, 5) is 10.7. The molecule has 0 saturated carbocycles. The third kappa shape index (κ3) is 4.13. The number of nitrogens with zero attached hydrogens (tertiary/aromatic N) is 3. The second-order valence-electron chi connectivity index (χ2n) is 4.52. The van der Waals surface area contributed by atoms with E-state index in [0.717, 1.165) is 18.0 Å². The van der Waals surface area contributed by atoms with Crippen molar-refractivity contribution < 1.29 is 14.6 Å². The van der Waals surface area contributed by atoms with Gasteiger partial charge in [-0.05, 0) is 18.6 Å². The van der Waals surface area contributed by atoms with Crippen LogP contribution in [0, 0.1) is 0 Å². The average Bonchev–Trinajstić information content (AvgIpc) is 2.86. The van der Waals surface area contributed by atoms with E-state index in [1.807, 2.05) is 16.3 Å². The SMILES string of the molecule is COCCn1c(SCC(=O)O)nnc1C1CCCCS1. The molecule has 2 heterocycles. The molecule has 0 aliphatic carbocycles. The molecule has 0 radical (unpaired) electrons. The Hall–Kier alpha value is -0.730. The van der Waals surface area contributed by atoms with Crippen LogP contribution >= 0.6 is 23.5 Å². The van der Waals surface area contributed by atoms with Gasteiger partial charge in [0.05, 0.1) is 17.6 Å². The molecule has 0 aromatic carbocycles. The van der Waals surface area contributed by atoms with E-state index in [4.69, 9.17) is 9.84 Å². The van der Waals surface area contributed by atoms with Crippen LogP contribution in [0.3, 0.4) is 0 Å². The van der Waals surface area contributed by atoms with Crippen LogP contribution < -0.4 is 0 Å². The fourth-order valence-electron chi connectivity index (χ4n) is 2.11. The van der Waals surface area contributed by atoms with Crippen LogP contribution in [-0.4, -0.2) is 51.1 Å². The predicted octanol–water partition coefficient (Wildman–Crippen LogP) is 2.06. The monoisotopic (exact) mass is 317 g/mol. The summed E-state index contributed by atoms with van der Waals surface area (Å²) in [6.45, 7) is 1.24. The maximum Gasteiger partial charge on any atom is 0.313 e. The van der Waals surface area contributed by atoms with Crippen molar-refractivity contribution in [3.05, 3.63) is 5.82 Å². The van der Waals surface area contributed by atoms with Crippen molar-refractivity contribution in [2.45, 2.75) is 36.2 Å². The van der Waals surface area contributed by atoms with E-state index in [1.165, 1.54) is 24.6 Å². The molecule has 112 valence electrons. The van der Waals surface area contributed by atoms with Crippen LogP contribution in [-0.2, 0) is 16.1 Å². The molecule has 0 bridgehead atoms. The highest BCUT2D eigenvalue weighted by Crippen LogP contribution is 2.38. The molecule has 1 aromatic heterocycles. The standard InChI is InChI=1S/C12H19N3O3S2/c1-18-6-5-15-11(9-4-2-3-7-19-9)13-14-12(15)20-8-10(16)17/h9H,2-8H2,1H3,(H,16,17). The van der Waals surface area contributed by atoms with Crippen LogP contribution in [0.2, 0.25) is 0 Å². The molecule has 1 aliphatic heterocycles. The van der Waals surface area contributed by atoms with Crippen LogP contribution in [0.1, 0.15) is 30.3 Å². The predicted molar refractivity (Wildman–Crippen MR) is 79.3 cm³/mol. The fourth-order valence-corrected chi connectivity index (χ4v) is 4.11. The molecule has 1 unspecified atom stereocenters. The first-order chi connectivity index (χ1) is 9.72. The number of hydrogen-bond donors (Lipinski definition) is 1. The minimum atomic E-state index is -0.843. The highest BCUT2D eigenvalue weighted by molar-refractivity contribution is 8.00. The average molecular weight is 317 g/mol. The molecule has 1 aromatic rings. The Kier molecular flexibility index (Phi) is 6.18. The highest BCUT2D eigenvalue weighted by Gasteiger charge is 2.24. The van der Waals surface area contributed by atoms with E-state index in [0.29, 0.717) is 23.6 Å². The second kappa shape index (κ2) is 7.90. The summed E-state index contributed by atoms with van der Waals surface area (Å²) in [5, 5.41) is 18.3. The Morgan fingerprint density at radius 1 is 1.55 bits per heavy atom. The van der Waals surface area contributed by atoms with Gasteiger partial charge in [-0.25, -0.2) is 0 Å². The first-order valence-corrected chi connectivity index (χ1v) is 8.64. The number of carboxylic acid groups (broad SMARTS) is 1. The third-order valence-corrected chi connectivity index (χ3v) is 5.38. The number of ether oxygens (including phenoxy) is 1. The topological polar surface area (TPSA) is 77.2 Å². The van der Waals surface area contributed by atoms with Gasteiger partial charge in [0.2, 0.25) is 0 Å². The Balaban J connectivity index is 2.14. The summed E-state index contributed by atoms with van der Waals surface area (Å²) in [6.07, 6.45) is 3.58. The van der Waals surface area contributed by atoms with Crippen molar-refractivity contribution in [1.82, 2.24) is 14.8 Å². The molecular formula is C12H19N3O3S2. The zero-order valence-electron chi connectivity index (χ0n) is 11.4. The molecule has 1 N–H and O–H groups in total. The van der Waals surface area contributed by atoms with E-state index >= 15 is 0 Å². The van der Waals surface area contributed by atoms with Crippen molar-refractivity contribution >= 4 is 29.5 Å². The van der Waals surface area contributed by atoms with Crippen molar-refractivity contribution in [3.63, 3.8) is 0 Å². The van der Waals surface area contributed by atoms with Crippen LogP contribution in [0.5, 0.6) is 0 Å². The van der Waals surface area contributed by atoms with Gasteiger partial charge in [-0.3, -0.25) is 4.79 Å². The highest BCUT2D eigenvalue weighted by atomic mass is 32.2. The van der Waals surface area contributed by atoms with Gasteiger partial charge >= 0.3 is 5.97 Å². The molecular weight excluding hydrogens is 298 g/mol. The third-order valence-electron chi connectivity index (χ3n) is 3.06. The number of aromatic nitrogens is 3. The first kappa shape index (κ1) is 15.7. The van der Waals surface area contributed by atoms with E-state index in [-0.39, 0.29) is 5.75 Å². The summed E-state index contributed by atoms with van der Waals surface area (Å²) in [5.74, 6) is 1.27. The molecule has 20 heavy (non-hydrogen) atoms. The van der Waals surface area contributed by atoms with Gasteiger partial charge in [-0.1, -0.05) is 18.2 Å². The fraction of sp³-hybridized carbons (Fsp3) is 0.750. The van der Waals surface area contributed by atoms with Gasteiger partial charge in [-0.15, -0.1) is 10.2 Å². The number of carbonyl (C=O) groups is 1. The lowest BCUT2D eigenvalue weighted by molar-refractivity contribution is -0.133. The zero-order chi connectivity index (χ0) is 14.4. The van der Waals surface area contributed by atoms with Gasteiger partial charge in [-0.2, -0.15) is 11.8 Å². The van der Waals surface area contributed by atoms with Gasteiger partial charge in [0.1, 0.15) is 5.82 Å². The van der Waals surface area contributed by atoms with Crippen molar-refractivity contribution in [1.29, 1.82) is 0 Å². The molecule has 8 heteroatoms. The van der Waals surface area contributed by atoms with Crippen LogP contribution in [0.4, 0.5) is 0 Å². The molecule has 1 fully saturated rings. The molecule has 2 rings (SSSR count). The van der Waals surface area contributed by atoms with E-state index in [1.54, 1.807) is 7.11 Å². The molecule has 1 aliphatic rings. The Morgan fingerprint density at radius 2 is 2.40 bits per heavy atom. The van der Waals surface area contributed by atoms with Crippen LogP contribution in [0.25, 0.3) is 0 Å². The largest absolute Gasteiger partial charge is 0.481 e. The summed E-state index contributed by atoms with van der Waals surface area (Å²) >= 11 is 3.13. The molecule has 0 spiro atoms. The maximum atomic E-state index is 10.7. The molecule has 0 amide bonds. The van der Waals surface area contributed by atoms with E-state index in [2.05, 4.69) is 10.2 Å². The number of thioether (sulfide) groups is 2. The smallest absolute Gasteiger partial charge is 0.313 e. The lowest BCUT2D eigenvalue weighted by Crippen LogP contribution is -2.14. The Bertz CT molecular complexity index is 447. The number of methoxy groups -OCH3 is 1. The van der Waals surface area contributed by atoms with Gasteiger partial charge < -0.3 is 14.4 Å². The lowest BCUT2D eigenvalue weighted by Gasteiger charge is -2.21. The second-order valence-corrected chi connectivity index (χ2v) is 6.78. The number of hydrogen-bond acceptors (Lipinski definition) is 6. The normalized spacial score (nSPS) is 19.1. The number of rotatable bonds is 7. The Labute approximate surface area is 126 Å². The molecule has 1 atom stereocenters. The molecule has 1 saturated heterocycles. The number of aliphatic carboxylic acids is 1. The van der Waals surface area contributed by atoms with Crippen LogP contribution in [0.15, 0.2) is 5.16 Å². The van der Waals surface area contributed by atoms with Gasteiger partial charge in [0.25, 0.3) is 0 Å². The van der Waals surface area contributed by atoms with Crippen molar-refractivity contribution in [2.24, 2.45) is 0 Å². The number of carboxylic acids is 1. The summed E-state index contributed by atoms with van der Waals surface area (Å²) in [7, 11) is 1.66. The minimum Gasteiger partial charge on any atom is -0.481 e. The van der Waals surface area contributed by atoms with Crippen molar-refractivity contribution in [3.8, 4) is 0 Å². The first-order valence-electron chi connectivity index (χ1n) is 6.60. The summed E-state index contributed by atoms with van der Waals surface area (Å²) < 4.78 is 7.14.